The molecule has 2 rings (SSSR count). The van der Waals surface area contributed by atoms with Gasteiger partial charge in [-0.25, -0.2) is 13.1 Å². The van der Waals surface area contributed by atoms with Gasteiger partial charge < -0.3 is 10.1 Å². The molecule has 2 N–H and O–H groups in total. The third-order valence-electron chi connectivity index (χ3n) is 3.64. The van der Waals surface area contributed by atoms with Crippen LogP contribution in [0.15, 0.2) is 16.3 Å². The number of hydrogen-bond acceptors (Lipinski definition) is 5. The van der Waals surface area contributed by atoms with Gasteiger partial charge in [0.2, 0.25) is 10.0 Å². The molecule has 0 spiro atoms. The Balaban J connectivity index is 2.00. The van der Waals surface area contributed by atoms with Gasteiger partial charge in [-0.3, -0.25) is 0 Å². The molecule has 120 valence electrons. The summed E-state index contributed by atoms with van der Waals surface area (Å²) in [4.78, 5) is 1.24. The number of hydrogen-bond donors (Lipinski definition) is 2. The second kappa shape index (κ2) is 7.19. The molecule has 1 aliphatic heterocycles. The average molecular weight is 332 g/mol. The van der Waals surface area contributed by atoms with Crippen molar-refractivity contribution in [3.05, 3.63) is 16.3 Å². The summed E-state index contributed by atoms with van der Waals surface area (Å²) in [7, 11) is -3.47. The highest BCUT2D eigenvalue weighted by Gasteiger charge is 2.32. The third-order valence-corrected chi connectivity index (χ3v) is 6.18. The van der Waals surface area contributed by atoms with Gasteiger partial charge in [0, 0.05) is 24.6 Å². The molecule has 0 bridgehead atoms. The number of rotatable bonds is 8. The van der Waals surface area contributed by atoms with Crippen molar-refractivity contribution >= 4 is 21.4 Å². The maximum Gasteiger partial charge on any atom is 0.241 e. The van der Waals surface area contributed by atoms with Crippen molar-refractivity contribution in [3.8, 4) is 0 Å². The number of thiophene rings is 1. The fourth-order valence-electron chi connectivity index (χ4n) is 2.38. The SMILES string of the molecule is CCCNCc1sccc1S(=O)(=O)NCC1(C)CCCO1. The van der Waals surface area contributed by atoms with E-state index in [1.807, 2.05) is 12.3 Å². The monoisotopic (exact) mass is 332 g/mol. The van der Waals surface area contributed by atoms with E-state index in [1.165, 1.54) is 11.3 Å². The Labute approximate surface area is 131 Å². The van der Waals surface area contributed by atoms with E-state index in [2.05, 4.69) is 17.0 Å². The standard InChI is InChI=1S/C14H24N2O3S2/c1-3-7-15-10-12-13(5-9-20-12)21(17,18)16-11-14(2)6-4-8-19-14/h5,9,15-16H,3-4,6-8,10-11H2,1-2H3. The van der Waals surface area contributed by atoms with Gasteiger partial charge >= 0.3 is 0 Å². The number of nitrogens with one attached hydrogen (secondary N) is 2. The zero-order valence-electron chi connectivity index (χ0n) is 12.6. The Kier molecular flexibility index (Phi) is 5.79. The second-order valence-electron chi connectivity index (χ2n) is 5.61. The summed E-state index contributed by atoms with van der Waals surface area (Å²) in [5, 5.41) is 5.07. The van der Waals surface area contributed by atoms with Gasteiger partial charge in [-0.15, -0.1) is 11.3 Å². The van der Waals surface area contributed by atoms with E-state index >= 15 is 0 Å². The molecule has 7 heteroatoms. The highest BCUT2D eigenvalue weighted by Crippen LogP contribution is 2.26. The van der Waals surface area contributed by atoms with Gasteiger partial charge in [0.15, 0.2) is 0 Å². The van der Waals surface area contributed by atoms with Crippen LogP contribution in [0, 0.1) is 0 Å². The topological polar surface area (TPSA) is 67.4 Å². The molecule has 21 heavy (non-hydrogen) atoms. The van der Waals surface area contributed by atoms with Gasteiger partial charge in [0.1, 0.15) is 0 Å². The molecule has 1 aromatic rings. The third kappa shape index (κ3) is 4.50. The molecule has 1 aromatic heterocycles. The fourth-order valence-corrected chi connectivity index (χ4v) is 4.95. The van der Waals surface area contributed by atoms with Crippen LogP contribution in [0.5, 0.6) is 0 Å². The Morgan fingerprint density at radius 1 is 1.48 bits per heavy atom. The molecular weight excluding hydrogens is 308 g/mol. The minimum Gasteiger partial charge on any atom is -0.374 e. The molecule has 0 radical (unpaired) electrons. The molecule has 1 atom stereocenters. The molecule has 0 aliphatic carbocycles. The number of sulfonamides is 1. The molecule has 0 saturated carbocycles. The summed E-state index contributed by atoms with van der Waals surface area (Å²) in [6.45, 7) is 6.56. The Hall–Kier alpha value is -0.470. The highest BCUT2D eigenvalue weighted by atomic mass is 32.2. The molecule has 1 fully saturated rings. The molecule has 1 aliphatic rings. The summed E-state index contributed by atoms with van der Waals surface area (Å²) >= 11 is 1.47. The van der Waals surface area contributed by atoms with Crippen molar-refractivity contribution in [2.45, 2.75) is 50.2 Å². The summed E-state index contributed by atoms with van der Waals surface area (Å²) in [5.74, 6) is 0. The van der Waals surface area contributed by atoms with Crippen molar-refractivity contribution in [1.82, 2.24) is 10.0 Å². The maximum atomic E-state index is 12.5. The minimum atomic E-state index is -3.47. The first-order valence-electron chi connectivity index (χ1n) is 7.37. The van der Waals surface area contributed by atoms with Crippen LogP contribution in [-0.2, 0) is 21.3 Å². The Morgan fingerprint density at radius 3 is 2.95 bits per heavy atom. The Bertz CT molecular complexity index is 548. The largest absolute Gasteiger partial charge is 0.374 e. The zero-order chi connectivity index (χ0) is 15.3. The molecular formula is C14H24N2O3S2. The first kappa shape index (κ1) is 16.9. The van der Waals surface area contributed by atoms with E-state index in [4.69, 9.17) is 4.74 Å². The van der Waals surface area contributed by atoms with Crippen molar-refractivity contribution < 1.29 is 13.2 Å². The molecule has 2 heterocycles. The molecule has 1 unspecified atom stereocenters. The van der Waals surface area contributed by atoms with Crippen molar-refractivity contribution in [2.75, 3.05) is 19.7 Å². The predicted molar refractivity (Wildman–Crippen MR) is 85.1 cm³/mol. The van der Waals surface area contributed by atoms with Crippen LogP contribution in [0.25, 0.3) is 0 Å². The Morgan fingerprint density at radius 2 is 2.29 bits per heavy atom. The van der Waals surface area contributed by atoms with E-state index < -0.39 is 10.0 Å². The molecule has 0 amide bonds. The normalized spacial score (nSPS) is 22.8. The maximum absolute atomic E-state index is 12.5. The van der Waals surface area contributed by atoms with Crippen LogP contribution in [0.2, 0.25) is 0 Å². The van der Waals surface area contributed by atoms with Crippen molar-refractivity contribution in [1.29, 1.82) is 0 Å². The van der Waals surface area contributed by atoms with Crippen LogP contribution >= 0.6 is 11.3 Å². The summed E-state index contributed by atoms with van der Waals surface area (Å²) in [6.07, 6.45) is 2.91. The van der Waals surface area contributed by atoms with Gasteiger partial charge in [-0.1, -0.05) is 6.92 Å². The average Bonchev–Trinajstić information content (AvgIpc) is 3.07. The lowest BCUT2D eigenvalue weighted by atomic mass is 10.0. The van der Waals surface area contributed by atoms with Crippen LogP contribution < -0.4 is 10.0 Å². The molecule has 5 nitrogen and oxygen atoms in total. The van der Waals surface area contributed by atoms with Gasteiger partial charge in [-0.2, -0.15) is 0 Å². The van der Waals surface area contributed by atoms with E-state index in [9.17, 15) is 8.42 Å². The zero-order valence-corrected chi connectivity index (χ0v) is 14.3. The fraction of sp³-hybridized carbons (Fsp3) is 0.714. The van der Waals surface area contributed by atoms with Crippen molar-refractivity contribution in [3.63, 3.8) is 0 Å². The van der Waals surface area contributed by atoms with Crippen LogP contribution in [-0.4, -0.2) is 33.7 Å². The van der Waals surface area contributed by atoms with E-state index in [0.717, 1.165) is 30.7 Å². The first-order chi connectivity index (χ1) is 9.97. The quantitative estimate of drug-likeness (QED) is 0.716. The summed E-state index contributed by atoms with van der Waals surface area (Å²) < 4.78 is 33.2. The van der Waals surface area contributed by atoms with Crippen LogP contribution in [0.1, 0.15) is 38.0 Å². The minimum absolute atomic E-state index is 0.326. The molecule has 0 aromatic carbocycles. The smallest absolute Gasteiger partial charge is 0.241 e. The summed E-state index contributed by atoms with van der Waals surface area (Å²) in [6, 6.07) is 1.67. The lowest BCUT2D eigenvalue weighted by Gasteiger charge is -2.23. The van der Waals surface area contributed by atoms with Crippen LogP contribution in [0.4, 0.5) is 0 Å². The second-order valence-corrected chi connectivity index (χ2v) is 8.35. The first-order valence-corrected chi connectivity index (χ1v) is 9.74. The van der Waals surface area contributed by atoms with E-state index in [0.29, 0.717) is 24.6 Å². The predicted octanol–water partition coefficient (Wildman–Crippen LogP) is 2.10. The number of ether oxygens (including phenoxy) is 1. The summed E-state index contributed by atoms with van der Waals surface area (Å²) in [5.41, 5.74) is -0.371. The lowest BCUT2D eigenvalue weighted by Crippen LogP contribution is -2.40. The van der Waals surface area contributed by atoms with Crippen molar-refractivity contribution in [2.24, 2.45) is 0 Å². The lowest BCUT2D eigenvalue weighted by molar-refractivity contribution is 0.0250. The van der Waals surface area contributed by atoms with Gasteiger partial charge in [-0.05, 0) is 44.2 Å². The van der Waals surface area contributed by atoms with Gasteiger partial charge in [0.25, 0.3) is 0 Å². The van der Waals surface area contributed by atoms with E-state index in [1.54, 1.807) is 6.07 Å². The van der Waals surface area contributed by atoms with E-state index in [-0.39, 0.29) is 5.60 Å². The highest BCUT2D eigenvalue weighted by molar-refractivity contribution is 7.89. The molecule has 1 saturated heterocycles. The van der Waals surface area contributed by atoms with Crippen LogP contribution in [0.3, 0.4) is 0 Å². The van der Waals surface area contributed by atoms with Gasteiger partial charge in [0.05, 0.1) is 10.5 Å².